The standard InChI is InChI=1S/C11H13ClN4O3S/c1-7-15-11(19-16-7)4-5-14-20(17,18)8-2-3-10(13)9(12)6-8/h2-3,6,14H,4-5,13H2,1H3. The molecule has 3 N–H and O–H groups in total. The molecule has 0 aliphatic carbocycles. The number of nitrogens with zero attached hydrogens (tertiary/aromatic N) is 2. The third-order valence-corrected chi connectivity index (χ3v) is 4.27. The summed E-state index contributed by atoms with van der Waals surface area (Å²) >= 11 is 5.80. The largest absolute Gasteiger partial charge is 0.398 e. The van der Waals surface area contributed by atoms with Crippen molar-refractivity contribution in [1.29, 1.82) is 0 Å². The van der Waals surface area contributed by atoms with Crippen molar-refractivity contribution >= 4 is 27.3 Å². The summed E-state index contributed by atoms with van der Waals surface area (Å²) in [7, 11) is -3.64. The van der Waals surface area contributed by atoms with Crippen molar-refractivity contribution in [1.82, 2.24) is 14.9 Å². The average molecular weight is 317 g/mol. The number of halogens is 1. The van der Waals surface area contributed by atoms with E-state index in [9.17, 15) is 8.42 Å². The van der Waals surface area contributed by atoms with Crippen molar-refractivity contribution in [3.8, 4) is 0 Å². The second-order valence-electron chi connectivity index (χ2n) is 4.07. The zero-order valence-corrected chi connectivity index (χ0v) is 12.2. The van der Waals surface area contributed by atoms with Crippen LogP contribution in [0.25, 0.3) is 0 Å². The maximum absolute atomic E-state index is 12.0. The number of nitrogens with one attached hydrogen (secondary N) is 1. The van der Waals surface area contributed by atoms with E-state index in [0.29, 0.717) is 23.8 Å². The first-order chi connectivity index (χ1) is 9.38. The van der Waals surface area contributed by atoms with Gasteiger partial charge in [0.1, 0.15) is 0 Å². The summed E-state index contributed by atoms with van der Waals surface area (Å²) in [5.41, 5.74) is 5.86. The van der Waals surface area contributed by atoms with E-state index in [2.05, 4.69) is 14.9 Å². The van der Waals surface area contributed by atoms with E-state index in [-0.39, 0.29) is 16.5 Å². The van der Waals surface area contributed by atoms with Gasteiger partial charge in [0.15, 0.2) is 5.82 Å². The van der Waals surface area contributed by atoms with Crippen molar-refractivity contribution in [2.45, 2.75) is 18.2 Å². The number of aromatic nitrogens is 2. The van der Waals surface area contributed by atoms with Gasteiger partial charge in [0.05, 0.1) is 15.6 Å². The third kappa shape index (κ3) is 3.47. The van der Waals surface area contributed by atoms with E-state index in [1.54, 1.807) is 6.92 Å². The number of aryl methyl sites for hydroxylation is 1. The Balaban J connectivity index is 2.02. The number of hydrogen-bond acceptors (Lipinski definition) is 6. The van der Waals surface area contributed by atoms with E-state index in [1.807, 2.05) is 0 Å². The van der Waals surface area contributed by atoms with Gasteiger partial charge in [0, 0.05) is 13.0 Å². The molecule has 1 heterocycles. The molecule has 7 nitrogen and oxygen atoms in total. The monoisotopic (exact) mass is 316 g/mol. The molecule has 0 radical (unpaired) electrons. The zero-order chi connectivity index (χ0) is 14.8. The summed E-state index contributed by atoms with van der Waals surface area (Å²) in [6.45, 7) is 1.83. The molecule has 0 saturated carbocycles. The maximum atomic E-state index is 12.0. The molecular weight excluding hydrogens is 304 g/mol. The van der Waals surface area contributed by atoms with Crippen LogP contribution in [-0.4, -0.2) is 25.1 Å². The van der Waals surface area contributed by atoms with Gasteiger partial charge >= 0.3 is 0 Å². The highest BCUT2D eigenvalue weighted by Gasteiger charge is 2.15. The topological polar surface area (TPSA) is 111 Å². The SMILES string of the molecule is Cc1noc(CCNS(=O)(=O)c2ccc(N)c(Cl)c2)n1. The van der Waals surface area contributed by atoms with Crippen molar-refractivity contribution in [3.05, 3.63) is 34.9 Å². The van der Waals surface area contributed by atoms with Gasteiger partial charge in [-0.25, -0.2) is 13.1 Å². The van der Waals surface area contributed by atoms with Gasteiger partial charge in [-0.2, -0.15) is 4.98 Å². The number of rotatable bonds is 5. The highest BCUT2D eigenvalue weighted by molar-refractivity contribution is 7.89. The zero-order valence-electron chi connectivity index (χ0n) is 10.6. The molecule has 20 heavy (non-hydrogen) atoms. The summed E-state index contributed by atoms with van der Waals surface area (Å²) in [6, 6.07) is 4.13. The van der Waals surface area contributed by atoms with Crippen LogP contribution in [0, 0.1) is 6.92 Å². The Bertz CT molecular complexity index is 714. The lowest BCUT2D eigenvalue weighted by Gasteiger charge is -2.06. The second kappa shape index (κ2) is 5.78. The number of hydrogen-bond donors (Lipinski definition) is 2. The fourth-order valence-electron chi connectivity index (χ4n) is 1.49. The van der Waals surface area contributed by atoms with Gasteiger partial charge in [-0.1, -0.05) is 16.8 Å². The van der Waals surface area contributed by atoms with Crippen molar-refractivity contribution in [2.75, 3.05) is 12.3 Å². The number of benzene rings is 1. The van der Waals surface area contributed by atoms with E-state index >= 15 is 0 Å². The molecule has 0 saturated heterocycles. The number of anilines is 1. The van der Waals surface area contributed by atoms with E-state index in [4.69, 9.17) is 21.9 Å². The lowest BCUT2D eigenvalue weighted by atomic mass is 10.3. The minimum atomic E-state index is -3.64. The Kier molecular flexibility index (Phi) is 4.26. The van der Waals surface area contributed by atoms with Gasteiger partial charge in [0.25, 0.3) is 0 Å². The van der Waals surface area contributed by atoms with Crippen LogP contribution in [0.4, 0.5) is 5.69 Å². The van der Waals surface area contributed by atoms with Crippen molar-refractivity contribution < 1.29 is 12.9 Å². The average Bonchev–Trinajstić information content (AvgIpc) is 2.78. The molecule has 0 unspecified atom stereocenters. The van der Waals surface area contributed by atoms with Crippen LogP contribution >= 0.6 is 11.6 Å². The lowest BCUT2D eigenvalue weighted by Crippen LogP contribution is -2.26. The molecule has 0 bridgehead atoms. The fourth-order valence-corrected chi connectivity index (χ4v) is 2.80. The highest BCUT2D eigenvalue weighted by Crippen LogP contribution is 2.22. The Morgan fingerprint density at radius 3 is 2.80 bits per heavy atom. The van der Waals surface area contributed by atoms with Gasteiger partial charge < -0.3 is 10.3 Å². The third-order valence-electron chi connectivity index (χ3n) is 2.48. The smallest absolute Gasteiger partial charge is 0.240 e. The Morgan fingerprint density at radius 1 is 1.45 bits per heavy atom. The molecule has 1 aromatic heterocycles. The summed E-state index contributed by atoms with van der Waals surface area (Å²) in [5.74, 6) is 0.883. The highest BCUT2D eigenvalue weighted by atomic mass is 35.5. The Hall–Kier alpha value is -1.64. The summed E-state index contributed by atoms with van der Waals surface area (Å²) in [5, 5.41) is 3.81. The first kappa shape index (κ1) is 14.8. The van der Waals surface area contributed by atoms with Crippen molar-refractivity contribution in [3.63, 3.8) is 0 Å². The van der Waals surface area contributed by atoms with Gasteiger partial charge in [0.2, 0.25) is 15.9 Å². The minimum Gasteiger partial charge on any atom is -0.398 e. The predicted octanol–water partition coefficient (Wildman–Crippen LogP) is 1.13. The Morgan fingerprint density at radius 2 is 2.20 bits per heavy atom. The molecule has 2 rings (SSSR count). The van der Waals surface area contributed by atoms with E-state index in [0.717, 1.165) is 0 Å². The molecule has 1 aromatic carbocycles. The quantitative estimate of drug-likeness (QED) is 0.800. The molecule has 0 aliphatic rings. The predicted molar refractivity (Wildman–Crippen MR) is 73.8 cm³/mol. The van der Waals surface area contributed by atoms with Gasteiger partial charge in [-0.05, 0) is 25.1 Å². The van der Waals surface area contributed by atoms with Crippen LogP contribution in [-0.2, 0) is 16.4 Å². The van der Waals surface area contributed by atoms with Crippen LogP contribution in [0.3, 0.4) is 0 Å². The molecule has 2 aromatic rings. The van der Waals surface area contributed by atoms with E-state index in [1.165, 1.54) is 18.2 Å². The van der Waals surface area contributed by atoms with E-state index < -0.39 is 10.0 Å². The number of sulfonamides is 1. The normalized spacial score (nSPS) is 11.7. The van der Waals surface area contributed by atoms with Crippen LogP contribution in [0.2, 0.25) is 5.02 Å². The molecule has 0 aliphatic heterocycles. The molecule has 0 amide bonds. The van der Waals surface area contributed by atoms with Crippen LogP contribution in [0.5, 0.6) is 0 Å². The second-order valence-corrected chi connectivity index (χ2v) is 6.24. The first-order valence-corrected chi connectivity index (χ1v) is 7.58. The summed E-state index contributed by atoms with van der Waals surface area (Å²) < 4.78 is 31.3. The van der Waals surface area contributed by atoms with Crippen LogP contribution < -0.4 is 10.5 Å². The van der Waals surface area contributed by atoms with Gasteiger partial charge in [-0.15, -0.1) is 0 Å². The molecule has 0 spiro atoms. The summed E-state index contributed by atoms with van der Waals surface area (Å²) in [6.07, 6.45) is 0.308. The lowest BCUT2D eigenvalue weighted by molar-refractivity contribution is 0.375. The minimum absolute atomic E-state index is 0.0541. The molecule has 0 fully saturated rings. The molecule has 0 atom stereocenters. The number of nitrogens with two attached hydrogens (primary N) is 1. The van der Waals surface area contributed by atoms with Gasteiger partial charge in [-0.3, -0.25) is 0 Å². The maximum Gasteiger partial charge on any atom is 0.240 e. The summed E-state index contributed by atoms with van der Waals surface area (Å²) in [4.78, 5) is 4.03. The number of nitrogen functional groups attached to an aromatic ring is 1. The van der Waals surface area contributed by atoms with Crippen molar-refractivity contribution in [2.24, 2.45) is 0 Å². The molecule has 9 heteroatoms. The van der Waals surface area contributed by atoms with Crippen LogP contribution in [0.1, 0.15) is 11.7 Å². The fraction of sp³-hybridized carbons (Fsp3) is 0.273. The Labute approximate surface area is 121 Å². The first-order valence-electron chi connectivity index (χ1n) is 5.72. The molecular formula is C11H13ClN4O3S. The molecule has 108 valence electrons. The van der Waals surface area contributed by atoms with Crippen LogP contribution in [0.15, 0.2) is 27.6 Å².